The van der Waals surface area contributed by atoms with Crippen molar-refractivity contribution in [3.63, 3.8) is 0 Å². The van der Waals surface area contributed by atoms with Gasteiger partial charge in [-0.3, -0.25) is 0 Å². The minimum Gasteiger partial charge on any atom is -0.308 e. The molecule has 115 valence electrons. The third-order valence-electron chi connectivity index (χ3n) is 4.15. The monoisotopic (exact) mass is 467 g/mol. The van der Waals surface area contributed by atoms with Crippen molar-refractivity contribution in [3.8, 4) is 0 Å². The fourth-order valence-corrected chi connectivity index (χ4v) is 3.32. The molecule has 1 heterocycles. The van der Waals surface area contributed by atoms with Gasteiger partial charge in [-0.05, 0) is 50.1 Å². The van der Waals surface area contributed by atoms with E-state index in [0.29, 0.717) is 0 Å². The summed E-state index contributed by atoms with van der Waals surface area (Å²) in [6.07, 6.45) is 2.00. The van der Waals surface area contributed by atoms with Crippen molar-refractivity contribution in [3.05, 3.63) is 82.1 Å². The van der Waals surface area contributed by atoms with Crippen molar-refractivity contribution < 1.29 is 20.1 Å². The Hall–Kier alpha value is -1.50. The first kappa shape index (κ1) is 16.9. The van der Waals surface area contributed by atoms with E-state index in [0.717, 1.165) is 11.3 Å². The number of aliphatic imine (C=N–C) groups is 1. The minimum atomic E-state index is 0. The Kier molecular flexibility index (Phi) is 5.16. The molecule has 0 bridgehead atoms. The first-order valence-corrected chi connectivity index (χ1v) is 7.37. The van der Waals surface area contributed by atoms with Crippen molar-refractivity contribution in [1.82, 2.24) is 0 Å². The first-order valence-electron chi connectivity index (χ1n) is 7.37. The Bertz CT molecular complexity index is 719. The van der Waals surface area contributed by atoms with Gasteiger partial charge in [-0.25, -0.2) is 0 Å². The van der Waals surface area contributed by atoms with Crippen molar-refractivity contribution in [2.45, 2.75) is 33.6 Å². The van der Waals surface area contributed by atoms with Gasteiger partial charge in [0.05, 0.1) is 0 Å². The summed E-state index contributed by atoms with van der Waals surface area (Å²) < 4.78 is 0. The second-order valence-corrected chi connectivity index (χ2v) is 5.91. The normalized spacial score (nSPS) is 16.8. The van der Waals surface area contributed by atoms with Crippen LogP contribution in [-0.4, -0.2) is 5.71 Å². The maximum Gasteiger partial charge on any atom is 0.0155 e. The molecule has 1 radical (unpaired) electrons. The molecule has 22 heavy (non-hydrogen) atoms. The summed E-state index contributed by atoms with van der Waals surface area (Å²) in [7, 11) is 0. The van der Waals surface area contributed by atoms with Crippen LogP contribution >= 0.6 is 0 Å². The molecule has 0 aliphatic carbocycles. The van der Waals surface area contributed by atoms with Crippen LogP contribution in [0.5, 0.6) is 0 Å². The summed E-state index contributed by atoms with van der Waals surface area (Å²) in [6.45, 7) is 8.73. The molecule has 2 heteroatoms. The van der Waals surface area contributed by atoms with E-state index in [1.54, 1.807) is 0 Å². The van der Waals surface area contributed by atoms with Crippen LogP contribution in [0.3, 0.4) is 0 Å². The van der Waals surface area contributed by atoms with Gasteiger partial charge < -0.3 is 4.99 Å². The van der Waals surface area contributed by atoms with Gasteiger partial charge in [0.2, 0.25) is 0 Å². The quantitative estimate of drug-likeness (QED) is 0.559. The SMILES string of the molecule is CC1=CN=C(c2[c-]cccc2)C1c1c(C)cc(C)cc1C.[Ir]. The Morgan fingerprint density at radius 3 is 2.27 bits per heavy atom. The van der Waals surface area contributed by atoms with Gasteiger partial charge in [0.25, 0.3) is 0 Å². The molecule has 0 saturated heterocycles. The molecular formula is C20H20IrN-. The van der Waals surface area contributed by atoms with Crippen molar-refractivity contribution in [2.24, 2.45) is 4.99 Å². The first-order chi connectivity index (χ1) is 10.1. The van der Waals surface area contributed by atoms with Crippen LogP contribution in [0.2, 0.25) is 0 Å². The third kappa shape index (κ3) is 2.99. The minimum absolute atomic E-state index is 0. The Morgan fingerprint density at radius 2 is 1.68 bits per heavy atom. The molecule has 3 rings (SSSR count). The predicted molar refractivity (Wildman–Crippen MR) is 89.0 cm³/mol. The zero-order valence-corrected chi connectivity index (χ0v) is 15.8. The van der Waals surface area contributed by atoms with Crippen LogP contribution in [0, 0.1) is 26.8 Å². The average molecular weight is 467 g/mol. The average Bonchev–Trinajstić information content (AvgIpc) is 2.81. The van der Waals surface area contributed by atoms with E-state index < -0.39 is 0 Å². The molecule has 0 spiro atoms. The summed E-state index contributed by atoms with van der Waals surface area (Å²) in [5.74, 6) is 0.254. The van der Waals surface area contributed by atoms with Crippen LogP contribution in [0.4, 0.5) is 0 Å². The van der Waals surface area contributed by atoms with Gasteiger partial charge in [0.1, 0.15) is 0 Å². The van der Waals surface area contributed by atoms with E-state index in [1.807, 2.05) is 24.4 Å². The van der Waals surface area contributed by atoms with Crippen molar-refractivity contribution in [1.29, 1.82) is 0 Å². The number of allylic oxidation sites excluding steroid dienone is 1. The van der Waals surface area contributed by atoms with Crippen LogP contribution < -0.4 is 0 Å². The molecule has 1 aliphatic heterocycles. The molecule has 1 unspecified atom stereocenters. The van der Waals surface area contributed by atoms with Crippen LogP contribution in [0.15, 0.2) is 53.2 Å². The standard InChI is InChI=1S/C20H20N.Ir/c1-13-10-14(2)18(15(3)11-13)19-16(4)12-21-20(19)17-8-6-5-7-9-17;/h5-8,10-12,19H,1-4H3;/q-1;. The zero-order valence-electron chi connectivity index (χ0n) is 13.4. The van der Waals surface area contributed by atoms with E-state index in [-0.39, 0.29) is 26.0 Å². The molecule has 1 aliphatic rings. The van der Waals surface area contributed by atoms with Gasteiger partial charge in [0, 0.05) is 32.2 Å². The number of nitrogens with zero attached hydrogens (tertiary/aromatic N) is 1. The Morgan fingerprint density at radius 1 is 1.00 bits per heavy atom. The number of benzene rings is 2. The van der Waals surface area contributed by atoms with E-state index >= 15 is 0 Å². The molecule has 2 aromatic rings. The molecule has 0 aromatic heterocycles. The Labute approximate surface area is 146 Å². The van der Waals surface area contributed by atoms with Gasteiger partial charge >= 0.3 is 0 Å². The molecule has 0 N–H and O–H groups in total. The molecule has 0 fully saturated rings. The Balaban J connectivity index is 0.00000176. The van der Waals surface area contributed by atoms with E-state index in [2.05, 4.69) is 57.0 Å². The van der Waals surface area contributed by atoms with Crippen LogP contribution in [-0.2, 0) is 20.1 Å². The molecule has 2 aromatic carbocycles. The second-order valence-electron chi connectivity index (χ2n) is 5.91. The van der Waals surface area contributed by atoms with E-state index in [4.69, 9.17) is 0 Å². The second kappa shape index (κ2) is 6.73. The number of aryl methyl sites for hydroxylation is 3. The smallest absolute Gasteiger partial charge is 0.0155 e. The van der Waals surface area contributed by atoms with E-state index in [1.165, 1.54) is 27.8 Å². The predicted octanol–water partition coefficient (Wildman–Crippen LogP) is 4.90. The maximum atomic E-state index is 4.67. The van der Waals surface area contributed by atoms with Gasteiger partial charge in [-0.2, -0.15) is 0 Å². The number of hydrogen-bond donors (Lipinski definition) is 0. The van der Waals surface area contributed by atoms with Gasteiger partial charge in [-0.1, -0.05) is 23.3 Å². The van der Waals surface area contributed by atoms with Gasteiger partial charge in [-0.15, -0.1) is 35.9 Å². The van der Waals surface area contributed by atoms with Gasteiger partial charge in [0.15, 0.2) is 0 Å². The maximum absolute atomic E-state index is 4.67. The summed E-state index contributed by atoms with van der Waals surface area (Å²) in [5.41, 5.74) is 8.91. The number of rotatable bonds is 2. The molecule has 0 amide bonds. The zero-order chi connectivity index (χ0) is 15.0. The topological polar surface area (TPSA) is 12.4 Å². The molecular weight excluding hydrogens is 446 g/mol. The molecule has 0 saturated carbocycles. The summed E-state index contributed by atoms with van der Waals surface area (Å²) >= 11 is 0. The summed E-state index contributed by atoms with van der Waals surface area (Å²) in [5, 5.41) is 0. The number of hydrogen-bond acceptors (Lipinski definition) is 1. The third-order valence-corrected chi connectivity index (χ3v) is 4.15. The van der Waals surface area contributed by atoms with Crippen molar-refractivity contribution in [2.75, 3.05) is 0 Å². The van der Waals surface area contributed by atoms with E-state index in [9.17, 15) is 0 Å². The van der Waals surface area contributed by atoms with Crippen LogP contribution in [0.1, 0.15) is 40.7 Å². The van der Waals surface area contributed by atoms with Crippen LogP contribution in [0.25, 0.3) is 0 Å². The molecule has 1 nitrogen and oxygen atoms in total. The summed E-state index contributed by atoms with van der Waals surface area (Å²) in [4.78, 5) is 4.67. The fourth-order valence-electron chi connectivity index (χ4n) is 3.32. The van der Waals surface area contributed by atoms with Crippen molar-refractivity contribution >= 4 is 5.71 Å². The molecule has 1 atom stereocenters. The largest absolute Gasteiger partial charge is 0.308 e. The fraction of sp³-hybridized carbons (Fsp3) is 0.250. The summed E-state index contributed by atoms with van der Waals surface area (Å²) in [6, 6.07) is 15.9.